The molecule has 6 rings (SSSR count). The third-order valence-corrected chi connectivity index (χ3v) is 8.16. The highest BCUT2D eigenvalue weighted by Crippen LogP contribution is 2.40. The molecule has 0 amide bonds. The molecular formula is C27H30N4OS. The smallest absolute Gasteiger partial charge is 0.146 e. The minimum absolute atomic E-state index is 0.143. The summed E-state index contributed by atoms with van der Waals surface area (Å²) in [6.07, 6.45) is 4.85. The average molecular weight is 459 g/mol. The van der Waals surface area contributed by atoms with Crippen molar-refractivity contribution in [1.82, 2.24) is 14.9 Å². The van der Waals surface area contributed by atoms with E-state index in [2.05, 4.69) is 59.6 Å². The van der Waals surface area contributed by atoms with Gasteiger partial charge in [0.1, 0.15) is 16.5 Å². The zero-order valence-corrected chi connectivity index (χ0v) is 20.0. The number of aryl methyl sites for hydroxylation is 2. The summed E-state index contributed by atoms with van der Waals surface area (Å²) >= 11 is 1.88. The van der Waals surface area contributed by atoms with Crippen molar-refractivity contribution < 1.29 is 4.74 Å². The van der Waals surface area contributed by atoms with Gasteiger partial charge in [0.25, 0.3) is 0 Å². The number of rotatable bonds is 5. The first kappa shape index (κ1) is 21.0. The van der Waals surface area contributed by atoms with E-state index >= 15 is 0 Å². The van der Waals surface area contributed by atoms with Crippen LogP contribution in [0.5, 0.6) is 0 Å². The van der Waals surface area contributed by atoms with Crippen LogP contribution >= 0.6 is 11.3 Å². The molecule has 6 heteroatoms. The summed E-state index contributed by atoms with van der Waals surface area (Å²) in [5, 5.41) is 7.65. The number of morpholine rings is 1. The molecule has 1 aliphatic heterocycles. The first-order valence-electron chi connectivity index (χ1n) is 12.1. The molecule has 1 fully saturated rings. The molecule has 0 spiro atoms. The summed E-state index contributed by atoms with van der Waals surface area (Å²) in [5.74, 6) is 1.92. The summed E-state index contributed by atoms with van der Waals surface area (Å²) in [6.45, 7) is 6.49. The molecule has 33 heavy (non-hydrogen) atoms. The third kappa shape index (κ3) is 4.12. The van der Waals surface area contributed by atoms with Crippen molar-refractivity contribution in [2.45, 2.75) is 45.2 Å². The molecule has 4 aromatic rings. The number of hydrogen-bond acceptors (Lipinski definition) is 6. The van der Waals surface area contributed by atoms with E-state index in [1.165, 1.54) is 51.4 Å². The Morgan fingerprint density at radius 2 is 1.85 bits per heavy atom. The second-order valence-corrected chi connectivity index (χ2v) is 10.3. The van der Waals surface area contributed by atoms with E-state index in [4.69, 9.17) is 14.7 Å². The van der Waals surface area contributed by atoms with Crippen molar-refractivity contribution in [3.05, 3.63) is 64.3 Å². The van der Waals surface area contributed by atoms with Crippen LogP contribution < -0.4 is 5.32 Å². The van der Waals surface area contributed by atoms with Crippen LogP contribution in [0.15, 0.2) is 42.5 Å². The second-order valence-electron chi connectivity index (χ2n) is 9.20. The number of aromatic nitrogens is 2. The molecule has 0 saturated carbocycles. The van der Waals surface area contributed by atoms with Crippen molar-refractivity contribution >= 4 is 38.1 Å². The summed E-state index contributed by atoms with van der Waals surface area (Å²) in [5.41, 5.74) is 2.78. The maximum absolute atomic E-state index is 5.53. The van der Waals surface area contributed by atoms with Gasteiger partial charge in [0, 0.05) is 18.0 Å². The Morgan fingerprint density at radius 1 is 1.03 bits per heavy atom. The Balaban J connectivity index is 1.40. The predicted octanol–water partition coefficient (Wildman–Crippen LogP) is 5.73. The van der Waals surface area contributed by atoms with E-state index in [-0.39, 0.29) is 6.04 Å². The Labute approximate surface area is 198 Å². The van der Waals surface area contributed by atoms with Gasteiger partial charge in [-0.05, 0) is 54.5 Å². The second kappa shape index (κ2) is 9.01. The van der Waals surface area contributed by atoms with Gasteiger partial charge in [-0.3, -0.25) is 4.90 Å². The predicted molar refractivity (Wildman–Crippen MR) is 136 cm³/mol. The molecule has 170 valence electrons. The monoisotopic (exact) mass is 458 g/mol. The largest absolute Gasteiger partial charge is 0.379 e. The molecule has 2 aromatic heterocycles. The topological polar surface area (TPSA) is 50.3 Å². The number of fused-ring (bicyclic) bond motifs is 4. The number of nitrogens with zero attached hydrogens (tertiary/aromatic N) is 3. The molecule has 2 aliphatic rings. The normalized spacial score (nSPS) is 17.8. The van der Waals surface area contributed by atoms with E-state index in [9.17, 15) is 0 Å². The van der Waals surface area contributed by atoms with E-state index in [0.29, 0.717) is 0 Å². The summed E-state index contributed by atoms with van der Waals surface area (Å²) in [6, 6.07) is 15.3. The van der Waals surface area contributed by atoms with Crippen molar-refractivity contribution in [3.63, 3.8) is 0 Å². The summed E-state index contributed by atoms with van der Waals surface area (Å²) < 4.78 is 5.53. The molecule has 1 aliphatic carbocycles. The van der Waals surface area contributed by atoms with Crippen LogP contribution in [0.25, 0.3) is 21.0 Å². The lowest BCUT2D eigenvalue weighted by Gasteiger charge is -2.26. The van der Waals surface area contributed by atoms with Gasteiger partial charge in [0.05, 0.1) is 31.2 Å². The molecule has 1 N–H and O–H groups in total. The van der Waals surface area contributed by atoms with Crippen molar-refractivity contribution in [3.8, 4) is 0 Å². The SMILES string of the molecule is C[C@H](Nc1nc(CN2CCOCC2)nc2sc3c(c12)CCCC3)c1cccc2ccccc12. The molecular weight excluding hydrogens is 428 g/mol. The summed E-state index contributed by atoms with van der Waals surface area (Å²) in [4.78, 5) is 15.2. The number of benzene rings is 2. The van der Waals surface area contributed by atoms with Crippen LogP contribution in [0.4, 0.5) is 5.82 Å². The lowest BCUT2D eigenvalue weighted by Crippen LogP contribution is -2.36. The molecule has 5 nitrogen and oxygen atoms in total. The maximum Gasteiger partial charge on any atom is 0.146 e. The van der Waals surface area contributed by atoms with Crippen LogP contribution in [0.3, 0.4) is 0 Å². The number of thiophene rings is 1. The lowest BCUT2D eigenvalue weighted by molar-refractivity contribution is 0.0331. The van der Waals surface area contributed by atoms with Crippen LogP contribution in [-0.2, 0) is 24.1 Å². The number of nitrogens with one attached hydrogen (secondary N) is 1. The molecule has 0 radical (unpaired) electrons. The fraction of sp³-hybridized carbons (Fsp3) is 0.407. The molecule has 1 saturated heterocycles. The van der Waals surface area contributed by atoms with Gasteiger partial charge >= 0.3 is 0 Å². The summed E-state index contributed by atoms with van der Waals surface area (Å²) in [7, 11) is 0. The molecule has 3 heterocycles. The van der Waals surface area contributed by atoms with Gasteiger partial charge in [-0.2, -0.15) is 0 Å². The highest BCUT2D eigenvalue weighted by Gasteiger charge is 2.23. The Morgan fingerprint density at radius 3 is 2.76 bits per heavy atom. The first-order valence-corrected chi connectivity index (χ1v) is 12.9. The van der Waals surface area contributed by atoms with Gasteiger partial charge in [-0.1, -0.05) is 42.5 Å². The fourth-order valence-corrected chi connectivity index (χ4v) is 6.53. The van der Waals surface area contributed by atoms with E-state index < -0.39 is 0 Å². The molecule has 0 bridgehead atoms. The van der Waals surface area contributed by atoms with Crippen LogP contribution in [0.2, 0.25) is 0 Å². The van der Waals surface area contributed by atoms with E-state index in [1.807, 2.05) is 11.3 Å². The highest BCUT2D eigenvalue weighted by molar-refractivity contribution is 7.19. The van der Waals surface area contributed by atoms with Crippen molar-refractivity contribution in [2.75, 3.05) is 31.6 Å². The fourth-order valence-electron chi connectivity index (χ4n) is 5.25. The van der Waals surface area contributed by atoms with Crippen LogP contribution in [0, 0.1) is 0 Å². The zero-order chi connectivity index (χ0) is 22.2. The first-order chi connectivity index (χ1) is 16.3. The van der Waals surface area contributed by atoms with Gasteiger partial charge in [-0.15, -0.1) is 11.3 Å². The minimum Gasteiger partial charge on any atom is -0.379 e. The lowest BCUT2D eigenvalue weighted by atomic mass is 9.96. The van der Waals surface area contributed by atoms with Crippen LogP contribution in [-0.4, -0.2) is 41.2 Å². The molecule has 1 atom stereocenters. The maximum atomic E-state index is 5.53. The molecule has 2 aromatic carbocycles. The number of hydrogen-bond donors (Lipinski definition) is 1. The van der Waals surface area contributed by atoms with E-state index in [0.717, 1.165) is 55.7 Å². The standard InChI is InChI=1S/C27H30N4OS/c1-18(20-11-6-8-19-7-2-3-9-21(19)20)28-26-25-22-10-4-5-12-23(22)33-27(25)30-24(29-26)17-31-13-15-32-16-14-31/h2-3,6-9,11,18H,4-5,10,12-17H2,1H3,(H,28,29,30)/t18-/m0/s1. The van der Waals surface area contributed by atoms with Crippen molar-refractivity contribution in [1.29, 1.82) is 0 Å². The quantitative estimate of drug-likeness (QED) is 0.414. The minimum atomic E-state index is 0.143. The number of anilines is 1. The van der Waals surface area contributed by atoms with Crippen molar-refractivity contribution in [2.24, 2.45) is 0 Å². The van der Waals surface area contributed by atoms with Gasteiger partial charge in [0.2, 0.25) is 0 Å². The average Bonchev–Trinajstić information content (AvgIpc) is 3.23. The highest BCUT2D eigenvalue weighted by atomic mass is 32.1. The van der Waals surface area contributed by atoms with Gasteiger partial charge in [-0.25, -0.2) is 9.97 Å². The Kier molecular flexibility index (Phi) is 5.74. The Hall–Kier alpha value is -2.54. The van der Waals surface area contributed by atoms with Gasteiger partial charge < -0.3 is 10.1 Å². The van der Waals surface area contributed by atoms with E-state index in [1.54, 1.807) is 0 Å². The van der Waals surface area contributed by atoms with Crippen LogP contribution in [0.1, 0.15) is 47.6 Å². The third-order valence-electron chi connectivity index (χ3n) is 6.97. The Bertz CT molecular complexity index is 1290. The van der Waals surface area contributed by atoms with Gasteiger partial charge in [0.15, 0.2) is 0 Å². The number of ether oxygens (including phenoxy) is 1. The zero-order valence-electron chi connectivity index (χ0n) is 19.1. The molecule has 0 unspecified atom stereocenters.